The van der Waals surface area contributed by atoms with Gasteiger partial charge in [0.15, 0.2) is 0 Å². The largest absolute Gasteiger partial charge is 0.389 e. The number of aliphatic hydroxyl groups is 1. The molecule has 1 heterocycles. The molecule has 0 amide bonds. The first-order chi connectivity index (χ1) is 7.42. The molecule has 1 aliphatic rings. The van der Waals surface area contributed by atoms with Gasteiger partial charge < -0.3 is 10.0 Å². The molecule has 94 valence electrons. The molecule has 1 fully saturated rings. The zero-order valence-electron chi connectivity index (χ0n) is 10.8. The van der Waals surface area contributed by atoms with Gasteiger partial charge in [-0.05, 0) is 20.3 Å². The molecular weight excluding hydrogens is 202 g/mol. The van der Waals surface area contributed by atoms with Crippen molar-refractivity contribution in [2.75, 3.05) is 32.7 Å². The Kier molecular flexibility index (Phi) is 4.74. The first-order valence-corrected chi connectivity index (χ1v) is 6.19. The van der Waals surface area contributed by atoms with E-state index in [-0.39, 0.29) is 0 Å². The molecule has 0 saturated carbocycles. The lowest BCUT2D eigenvalue weighted by Gasteiger charge is -2.38. The van der Waals surface area contributed by atoms with Gasteiger partial charge in [-0.25, -0.2) is 0 Å². The molecule has 0 aromatic heterocycles. The topological polar surface area (TPSA) is 50.6 Å². The summed E-state index contributed by atoms with van der Waals surface area (Å²) in [4.78, 5) is 4.43. The molecule has 0 bridgehead atoms. The number of hydrogen-bond acceptors (Lipinski definition) is 3. The van der Waals surface area contributed by atoms with Crippen molar-refractivity contribution >= 4 is 5.84 Å². The molecule has 1 aliphatic heterocycles. The van der Waals surface area contributed by atoms with Crippen molar-refractivity contribution < 1.29 is 5.11 Å². The van der Waals surface area contributed by atoms with Gasteiger partial charge in [-0.1, -0.05) is 6.92 Å². The van der Waals surface area contributed by atoms with Gasteiger partial charge in [0.1, 0.15) is 0 Å². The molecule has 1 saturated heterocycles. The molecular formula is C12H25N3O. The number of hydrogen-bond donors (Lipinski definition) is 2. The van der Waals surface area contributed by atoms with Crippen molar-refractivity contribution in [1.29, 1.82) is 5.41 Å². The van der Waals surface area contributed by atoms with Crippen LogP contribution in [0.15, 0.2) is 0 Å². The highest BCUT2D eigenvalue weighted by atomic mass is 16.3. The number of piperazine rings is 1. The maximum atomic E-state index is 9.73. The Morgan fingerprint density at radius 2 is 1.81 bits per heavy atom. The van der Waals surface area contributed by atoms with Crippen LogP contribution in [0.2, 0.25) is 0 Å². The quantitative estimate of drug-likeness (QED) is 0.559. The van der Waals surface area contributed by atoms with E-state index in [1.54, 1.807) is 0 Å². The standard InChI is InChI=1S/C12H25N3O/c1-4-5-11(13)15-8-6-14(7-9-15)10-12(2,3)16/h13,16H,4-10H2,1-3H3. The fourth-order valence-corrected chi connectivity index (χ4v) is 2.12. The summed E-state index contributed by atoms with van der Waals surface area (Å²) in [5, 5.41) is 17.6. The average Bonchev–Trinajstić information content (AvgIpc) is 2.16. The zero-order valence-corrected chi connectivity index (χ0v) is 10.8. The number of rotatable bonds is 4. The second-order valence-electron chi connectivity index (χ2n) is 5.27. The molecule has 0 unspecified atom stereocenters. The lowest BCUT2D eigenvalue weighted by Crippen LogP contribution is -2.51. The maximum Gasteiger partial charge on any atom is 0.0958 e. The van der Waals surface area contributed by atoms with Crippen LogP contribution >= 0.6 is 0 Å². The second kappa shape index (κ2) is 5.64. The van der Waals surface area contributed by atoms with E-state index >= 15 is 0 Å². The van der Waals surface area contributed by atoms with E-state index in [1.807, 2.05) is 13.8 Å². The zero-order chi connectivity index (χ0) is 12.2. The van der Waals surface area contributed by atoms with Gasteiger partial charge in [0.2, 0.25) is 0 Å². The summed E-state index contributed by atoms with van der Waals surface area (Å²) in [7, 11) is 0. The van der Waals surface area contributed by atoms with Crippen LogP contribution in [-0.4, -0.2) is 59.1 Å². The van der Waals surface area contributed by atoms with Gasteiger partial charge in [-0.3, -0.25) is 10.3 Å². The Balaban J connectivity index is 2.31. The summed E-state index contributed by atoms with van der Waals surface area (Å²) in [6.45, 7) is 10.3. The Morgan fingerprint density at radius 3 is 2.25 bits per heavy atom. The number of nitrogens with one attached hydrogen (secondary N) is 1. The molecule has 2 N–H and O–H groups in total. The maximum absolute atomic E-state index is 9.73. The second-order valence-corrected chi connectivity index (χ2v) is 5.27. The van der Waals surface area contributed by atoms with E-state index in [1.165, 1.54) is 0 Å². The highest BCUT2D eigenvalue weighted by Crippen LogP contribution is 2.09. The monoisotopic (exact) mass is 227 g/mol. The Hall–Kier alpha value is -0.610. The van der Waals surface area contributed by atoms with E-state index in [0.29, 0.717) is 0 Å². The van der Waals surface area contributed by atoms with Crippen LogP contribution in [0.4, 0.5) is 0 Å². The van der Waals surface area contributed by atoms with Gasteiger partial charge in [0.05, 0.1) is 11.4 Å². The third-order valence-electron chi connectivity index (χ3n) is 2.85. The van der Waals surface area contributed by atoms with Crippen LogP contribution < -0.4 is 0 Å². The summed E-state index contributed by atoms with van der Waals surface area (Å²) in [6, 6.07) is 0. The van der Waals surface area contributed by atoms with E-state index < -0.39 is 5.60 Å². The van der Waals surface area contributed by atoms with Crippen molar-refractivity contribution in [3.63, 3.8) is 0 Å². The minimum absolute atomic E-state index is 0.612. The van der Waals surface area contributed by atoms with Gasteiger partial charge in [-0.15, -0.1) is 0 Å². The summed E-state index contributed by atoms with van der Waals surface area (Å²) < 4.78 is 0. The van der Waals surface area contributed by atoms with Crippen molar-refractivity contribution in [3.05, 3.63) is 0 Å². The Bertz CT molecular complexity index is 227. The molecule has 0 spiro atoms. The van der Waals surface area contributed by atoms with Crippen LogP contribution in [0.25, 0.3) is 0 Å². The summed E-state index contributed by atoms with van der Waals surface area (Å²) in [6.07, 6.45) is 1.92. The predicted molar refractivity (Wildman–Crippen MR) is 66.9 cm³/mol. The minimum Gasteiger partial charge on any atom is -0.389 e. The normalized spacial score (nSPS) is 18.9. The molecule has 0 aliphatic carbocycles. The van der Waals surface area contributed by atoms with E-state index in [2.05, 4.69) is 16.7 Å². The first kappa shape index (κ1) is 13.5. The highest BCUT2D eigenvalue weighted by Gasteiger charge is 2.23. The lowest BCUT2D eigenvalue weighted by molar-refractivity contribution is 0.0249. The summed E-state index contributed by atoms with van der Waals surface area (Å²) >= 11 is 0. The van der Waals surface area contributed by atoms with Gasteiger partial charge in [0, 0.05) is 39.1 Å². The fourth-order valence-electron chi connectivity index (χ4n) is 2.12. The molecule has 4 heteroatoms. The van der Waals surface area contributed by atoms with Crippen molar-refractivity contribution in [3.8, 4) is 0 Å². The number of nitrogens with zero attached hydrogens (tertiary/aromatic N) is 2. The molecule has 0 radical (unpaired) electrons. The highest BCUT2D eigenvalue weighted by molar-refractivity contribution is 5.79. The summed E-state index contributed by atoms with van der Waals surface area (Å²) in [5.41, 5.74) is -0.612. The fraction of sp³-hybridized carbons (Fsp3) is 0.917. The average molecular weight is 227 g/mol. The molecule has 0 aromatic carbocycles. The Labute approximate surface area is 98.7 Å². The number of β-amino-alcohol motifs (C(OH)–C–C–N with tert-alkyl or cyclic N) is 1. The van der Waals surface area contributed by atoms with Crippen molar-refractivity contribution in [2.45, 2.75) is 39.2 Å². The van der Waals surface area contributed by atoms with E-state index in [4.69, 9.17) is 5.41 Å². The lowest BCUT2D eigenvalue weighted by atomic mass is 10.1. The van der Waals surface area contributed by atoms with E-state index in [0.717, 1.165) is 51.4 Å². The summed E-state index contributed by atoms with van der Waals surface area (Å²) in [5.74, 6) is 0.769. The van der Waals surface area contributed by atoms with Crippen molar-refractivity contribution in [1.82, 2.24) is 9.80 Å². The van der Waals surface area contributed by atoms with Gasteiger partial charge in [-0.2, -0.15) is 0 Å². The van der Waals surface area contributed by atoms with Gasteiger partial charge >= 0.3 is 0 Å². The predicted octanol–water partition coefficient (Wildman–Crippen LogP) is 1.15. The molecule has 0 atom stereocenters. The number of amidine groups is 1. The minimum atomic E-state index is -0.612. The van der Waals surface area contributed by atoms with Crippen LogP contribution in [-0.2, 0) is 0 Å². The van der Waals surface area contributed by atoms with Crippen LogP contribution in [0.3, 0.4) is 0 Å². The molecule has 1 rings (SSSR count). The van der Waals surface area contributed by atoms with Crippen molar-refractivity contribution in [2.24, 2.45) is 0 Å². The third-order valence-corrected chi connectivity index (χ3v) is 2.85. The smallest absolute Gasteiger partial charge is 0.0958 e. The van der Waals surface area contributed by atoms with Gasteiger partial charge in [0.25, 0.3) is 0 Å². The Morgan fingerprint density at radius 1 is 1.25 bits per heavy atom. The molecule has 0 aromatic rings. The first-order valence-electron chi connectivity index (χ1n) is 6.19. The van der Waals surface area contributed by atoms with Crippen LogP contribution in [0, 0.1) is 5.41 Å². The third kappa shape index (κ3) is 4.49. The van der Waals surface area contributed by atoms with Crippen LogP contribution in [0.5, 0.6) is 0 Å². The molecule has 16 heavy (non-hydrogen) atoms. The molecule has 4 nitrogen and oxygen atoms in total. The van der Waals surface area contributed by atoms with Crippen LogP contribution in [0.1, 0.15) is 33.6 Å². The SMILES string of the molecule is CCCC(=N)N1CCN(CC(C)(C)O)CC1. The van der Waals surface area contributed by atoms with E-state index in [9.17, 15) is 5.11 Å².